The first-order valence-corrected chi connectivity index (χ1v) is 8.19. The molecule has 0 amide bonds. The summed E-state index contributed by atoms with van der Waals surface area (Å²) >= 11 is 0. The Balaban J connectivity index is 3.29. The van der Waals surface area contributed by atoms with E-state index in [9.17, 15) is 10.2 Å². The minimum atomic E-state index is -0.615. The lowest BCUT2D eigenvalue weighted by Gasteiger charge is -2.17. The zero-order valence-electron chi connectivity index (χ0n) is 12.7. The summed E-state index contributed by atoms with van der Waals surface area (Å²) in [4.78, 5) is 0. The standard InChI is InChI=1S/C16H34O3/c1-2-3-4-5-6-7-8-9-12-15(18)16(19)13-10-11-14-17/h15-19H,2-14H2,1H3. The van der Waals surface area contributed by atoms with Gasteiger partial charge in [-0.3, -0.25) is 0 Å². The molecule has 0 saturated carbocycles. The van der Waals surface area contributed by atoms with Crippen molar-refractivity contribution in [3.63, 3.8) is 0 Å². The Labute approximate surface area is 119 Å². The molecule has 3 N–H and O–H groups in total. The topological polar surface area (TPSA) is 60.7 Å². The molecule has 19 heavy (non-hydrogen) atoms. The molecule has 116 valence electrons. The van der Waals surface area contributed by atoms with Gasteiger partial charge in [0.2, 0.25) is 0 Å². The Hall–Kier alpha value is -0.120. The van der Waals surface area contributed by atoms with Gasteiger partial charge in [0.15, 0.2) is 0 Å². The average molecular weight is 274 g/mol. The summed E-state index contributed by atoms with van der Waals surface area (Å²) in [6.07, 6.45) is 11.6. The first kappa shape index (κ1) is 18.9. The highest BCUT2D eigenvalue weighted by Gasteiger charge is 2.14. The highest BCUT2D eigenvalue weighted by molar-refractivity contribution is 4.67. The Bertz CT molecular complexity index is 173. The summed E-state index contributed by atoms with van der Waals surface area (Å²) in [5, 5.41) is 28.1. The van der Waals surface area contributed by atoms with Gasteiger partial charge in [-0.25, -0.2) is 0 Å². The van der Waals surface area contributed by atoms with Crippen molar-refractivity contribution in [1.29, 1.82) is 0 Å². The zero-order chi connectivity index (χ0) is 14.3. The SMILES string of the molecule is CCCCCCCCCCC(O)C(O)CCCCO. The molecule has 0 bridgehead atoms. The summed E-state index contributed by atoms with van der Waals surface area (Å²) in [5.74, 6) is 0. The van der Waals surface area contributed by atoms with E-state index in [4.69, 9.17) is 5.11 Å². The van der Waals surface area contributed by atoms with Gasteiger partial charge in [0, 0.05) is 6.61 Å². The highest BCUT2D eigenvalue weighted by Crippen LogP contribution is 2.14. The van der Waals surface area contributed by atoms with Crippen LogP contribution in [0.15, 0.2) is 0 Å². The average Bonchev–Trinajstić information content (AvgIpc) is 2.41. The van der Waals surface area contributed by atoms with Gasteiger partial charge < -0.3 is 15.3 Å². The molecule has 0 aliphatic heterocycles. The lowest BCUT2D eigenvalue weighted by atomic mass is 10.0. The third-order valence-corrected chi connectivity index (χ3v) is 3.71. The van der Waals surface area contributed by atoms with E-state index >= 15 is 0 Å². The number of aliphatic hydroxyl groups excluding tert-OH is 3. The maximum absolute atomic E-state index is 9.78. The molecule has 3 nitrogen and oxygen atoms in total. The van der Waals surface area contributed by atoms with Gasteiger partial charge in [-0.2, -0.15) is 0 Å². The number of aliphatic hydroxyl groups is 3. The maximum Gasteiger partial charge on any atom is 0.0799 e. The molecule has 0 aliphatic rings. The van der Waals surface area contributed by atoms with E-state index in [0.717, 1.165) is 19.3 Å². The molecule has 0 radical (unpaired) electrons. The van der Waals surface area contributed by atoms with Crippen LogP contribution in [-0.2, 0) is 0 Å². The summed E-state index contributed by atoms with van der Waals surface area (Å²) in [6, 6.07) is 0. The monoisotopic (exact) mass is 274 g/mol. The largest absolute Gasteiger partial charge is 0.396 e. The Morgan fingerprint density at radius 2 is 1.05 bits per heavy atom. The predicted octanol–water partition coefficient (Wildman–Crippen LogP) is 3.40. The highest BCUT2D eigenvalue weighted by atomic mass is 16.3. The molecule has 0 aliphatic carbocycles. The summed E-state index contributed by atoms with van der Waals surface area (Å²) in [5.41, 5.74) is 0. The molecular formula is C16H34O3. The predicted molar refractivity (Wildman–Crippen MR) is 80.2 cm³/mol. The van der Waals surface area contributed by atoms with E-state index in [1.165, 1.54) is 38.5 Å². The molecule has 3 heteroatoms. The minimum Gasteiger partial charge on any atom is -0.396 e. The van der Waals surface area contributed by atoms with Gasteiger partial charge in [0.05, 0.1) is 12.2 Å². The zero-order valence-corrected chi connectivity index (χ0v) is 12.7. The van der Waals surface area contributed by atoms with Crippen LogP contribution < -0.4 is 0 Å². The molecule has 0 heterocycles. The van der Waals surface area contributed by atoms with Crippen molar-refractivity contribution >= 4 is 0 Å². The Morgan fingerprint density at radius 3 is 1.53 bits per heavy atom. The fourth-order valence-corrected chi connectivity index (χ4v) is 2.34. The van der Waals surface area contributed by atoms with Crippen LogP contribution in [0.3, 0.4) is 0 Å². The molecule has 0 spiro atoms. The molecule has 0 saturated heterocycles. The van der Waals surface area contributed by atoms with Gasteiger partial charge >= 0.3 is 0 Å². The Kier molecular flexibility index (Phi) is 14.2. The van der Waals surface area contributed by atoms with Crippen LogP contribution in [0.1, 0.15) is 84.0 Å². The molecule has 0 aromatic rings. The number of hydrogen-bond donors (Lipinski definition) is 3. The summed E-state index contributed by atoms with van der Waals surface area (Å²) in [7, 11) is 0. The van der Waals surface area contributed by atoms with Crippen LogP contribution in [0.5, 0.6) is 0 Å². The number of hydrogen-bond acceptors (Lipinski definition) is 3. The molecular weight excluding hydrogens is 240 g/mol. The first-order valence-electron chi connectivity index (χ1n) is 8.19. The van der Waals surface area contributed by atoms with Crippen molar-refractivity contribution in [2.45, 2.75) is 96.2 Å². The second-order valence-corrected chi connectivity index (χ2v) is 5.62. The normalized spacial score (nSPS) is 14.5. The van der Waals surface area contributed by atoms with Crippen molar-refractivity contribution in [2.75, 3.05) is 6.61 Å². The molecule has 2 atom stereocenters. The van der Waals surface area contributed by atoms with Crippen LogP contribution in [0.4, 0.5) is 0 Å². The molecule has 0 aromatic carbocycles. The van der Waals surface area contributed by atoms with E-state index < -0.39 is 12.2 Å². The molecule has 0 fully saturated rings. The fraction of sp³-hybridized carbons (Fsp3) is 1.00. The van der Waals surface area contributed by atoms with Crippen molar-refractivity contribution in [1.82, 2.24) is 0 Å². The lowest BCUT2D eigenvalue weighted by Crippen LogP contribution is -2.25. The second-order valence-electron chi connectivity index (χ2n) is 5.62. The molecule has 2 unspecified atom stereocenters. The van der Waals surface area contributed by atoms with Crippen molar-refractivity contribution in [2.24, 2.45) is 0 Å². The van der Waals surface area contributed by atoms with Crippen LogP contribution in [-0.4, -0.2) is 34.1 Å². The van der Waals surface area contributed by atoms with Gasteiger partial charge in [0.1, 0.15) is 0 Å². The van der Waals surface area contributed by atoms with E-state index in [1.807, 2.05) is 0 Å². The van der Waals surface area contributed by atoms with Crippen LogP contribution in [0.25, 0.3) is 0 Å². The first-order chi connectivity index (χ1) is 9.22. The fourth-order valence-electron chi connectivity index (χ4n) is 2.34. The molecule has 0 aromatic heterocycles. The number of unbranched alkanes of at least 4 members (excludes halogenated alkanes) is 8. The van der Waals surface area contributed by atoms with Crippen molar-refractivity contribution in [3.05, 3.63) is 0 Å². The Morgan fingerprint density at radius 1 is 0.632 bits per heavy atom. The van der Waals surface area contributed by atoms with Crippen LogP contribution in [0, 0.1) is 0 Å². The maximum atomic E-state index is 9.78. The van der Waals surface area contributed by atoms with Crippen LogP contribution in [0.2, 0.25) is 0 Å². The minimum absolute atomic E-state index is 0.168. The smallest absolute Gasteiger partial charge is 0.0799 e. The van der Waals surface area contributed by atoms with E-state index in [0.29, 0.717) is 19.3 Å². The van der Waals surface area contributed by atoms with Crippen molar-refractivity contribution < 1.29 is 15.3 Å². The third-order valence-electron chi connectivity index (χ3n) is 3.71. The van der Waals surface area contributed by atoms with E-state index in [1.54, 1.807) is 0 Å². The van der Waals surface area contributed by atoms with Gasteiger partial charge in [-0.15, -0.1) is 0 Å². The number of rotatable bonds is 14. The van der Waals surface area contributed by atoms with Gasteiger partial charge in [0.25, 0.3) is 0 Å². The van der Waals surface area contributed by atoms with Gasteiger partial charge in [-0.1, -0.05) is 58.3 Å². The van der Waals surface area contributed by atoms with E-state index in [2.05, 4.69) is 6.92 Å². The van der Waals surface area contributed by atoms with E-state index in [-0.39, 0.29) is 6.61 Å². The third kappa shape index (κ3) is 12.6. The molecule has 0 rings (SSSR count). The summed E-state index contributed by atoms with van der Waals surface area (Å²) < 4.78 is 0. The van der Waals surface area contributed by atoms with Crippen molar-refractivity contribution in [3.8, 4) is 0 Å². The summed E-state index contributed by atoms with van der Waals surface area (Å²) in [6.45, 7) is 2.40. The van der Waals surface area contributed by atoms with Gasteiger partial charge in [-0.05, 0) is 25.7 Å². The quantitative estimate of drug-likeness (QED) is 0.425. The van der Waals surface area contributed by atoms with Crippen LogP contribution >= 0.6 is 0 Å². The second kappa shape index (κ2) is 14.3. The lowest BCUT2D eigenvalue weighted by molar-refractivity contribution is 0.00663.